The average Bonchev–Trinajstić information content (AvgIpc) is 2.87. The first-order valence-electron chi connectivity index (χ1n) is 7.91. The third-order valence-corrected chi connectivity index (χ3v) is 9.24. The van der Waals surface area contributed by atoms with E-state index in [1.165, 1.54) is 0 Å². The summed E-state index contributed by atoms with van der Waals surface area (Å²) >= 11 is 3.47. The number of ether oxygens (including phenoxy) is 1. The zero-order valence-electron chi connectivity index (χ0n) is 15.0. The molecule has 132 valence electrons. The molecule has 0 radical (unpaired) electrons. The SMILES string of the molecule is CCOC(=O)c1nc2c(CO[Si](C)(C)C(C)(C)C)cc(Br)cn2n1. The van der Waals surface area contributed by atoms with E-state index >= 15 is 0 Å². The molecule has 0 amide bonds. The summed E-state index contributed by atoms with van der Waals surface area (Å²) in [7, 11) is -1.88. The molecule has 0 aliphatic carbocycles. The molecule has 24 heavy (non-hydrogen) atoms. The number of carbonyl (C=O) groups is 1. The summed E-state index contributed by atoms with van der Waals surface area (Å²) < 4.78 is 13.7. The standard InChI is InChI=1S/C16H24BrN3O3Si/c1-7-22-15(21)13-18-14-11(8-12(17)9-20(14)19-13)10-23-24(5,6)16(2,3)4/h8-9H,7,10H2,1-6H3. The largest absolute Gasteiger partial charge is 0.460 e. The fraction of sp³-hybridized carbons (Fsp3) is 0.562. The number of carbonyl (C=O) groups excluding carboxylic acids is 1. The van der Waals surface area contributed by atoms with Crippen LogP contribution in [0, 0.1) is 0 Å². The van der Waals surface area contributed by atoms with Crippen LogP contribution in [0.25, 0.3) is 5.65 Å². The fourth-order valence-corrected chi connectivity index (χ4v) is 3.30. The monoisotopic (exact) mass is 413 g/mol. The number of fused-ring (bicyclic) bond motifs is 1. The van der Waals surface area contributed by atoms with Gasteiger partial charge < -0.3 is 9.16 Å². The van der Waals surface area contributed by atoms with Crippen molar-refractivity contribution in [2.24, 2.45) is 0 Å². The van der Waals surface area contributed by atoms with Crippen molar-refractivity contribution >= 4 is 35.9 Å². The summed E-state index contributed by atoms with van der Waals surface area (Å²) in [5.41, 5.74) is 1.50. The van der Waals surface area contributed by atoms with E-state index in [0.717, 1.165) is 10.0 Å². The maximum absolute atomic E-state index is 11.9. The lowest BCUT2D eigenvalue weighted by Crippen LogP contribution is -2.40. The minimum absolute atomic E-state index is 0.0588. The van der Waals surface area contributed by atoms with Crippen LogP contribution in [0.5, 0.6) is 0 Å². The Bertz CT molecular complexity index is 753. The molecule has 0 N–H and O–H groups in total. The minimum Gasteiger partial charge on any atom is -0.460 e. The third kappa shape index (κ3) is 4.04. The molecule has 8 heteroatoms. The number of hydrogen-bond acceptors (Lipinski definition) is 5. The first kappa shape index (κ1) is 19.1. The van der Waals surface area contributed by atoms with Crippen molar-refractivity contribution in [3.05, 3.63) is 28.1 Å². The second-order valence-corrected chi connectivity index (χ2v) is 12.9. The minimum atomic E-state index is -1.88. The van der Waals surface area contributed by atoms with Gasteiger partial charge in [0.15, 0.2) is 14.0 Å². The fourth-order valence-electron chi connectivity index (χ4n) is 1.88. The van der Waals surface area contributed by atoms with E-state index in [2.05, 4.69) is 59.9 Å². The van der Waals surface area contributed by atoms with E-state index in [4.69, 9.17) is 9.16 Å². The van der Waals surface area contributed by atoms with Crippen LogP contribution >= 0.6 is 15.9 Å². The van der Waals surface area contributed by atoms with Gasteiger partial charge in [-0.25, -0.2) is 14.3 Å². The van der Waals surface area contributed by atoms with E-state index in [9.17, 15) is 4.79 Å². The van der Waals surface area contributed by atoms with Crippen LogP contribution in [0.3, 0.4) is 0 Å². The van der Waals surface area contributed by atoms with Crippen LogP contribution in [-0.4, -0.2) is 35.5 Å². The Kier molecular flexibility index (Phi) is 5.51. The molecule has 6 nitrogen and oxygen atoms in total. The average molecular weight is 414 g/mol. The molecule has 2 heterocycles. The Labute approximate surface area is 151 Å². The van der Waals surface area contributed by atoms with E-state index in [1.54, 1.807) is 17.6 Å². The Morgan fingerprint density at radius 1 is 1.38 bits per heavy atom. The van der Waals surface area contributed by atoms with Gasteiger partial charge in [0.25, 0.3) is 5.82 Å². The first-order chi connectivity index (χ1) is 11.0. The second-order valence-electron chi connectivity index (χ2n) is 7.16. The predicted octanol–water partition coefficient (Wildman–Crippen LogP) is 4.19. The molecule has 2 rings (SSSR count). The van der Waals surface area contributed by atoms with Gasteiger partial charge in [0.1, 0.15) is 0 Å². The molecule has 0 aliphatic heterocycles. The highest BCUT2D eigenvalue weighted by Crippen LogP contribution is 2.37. The Hall–Kier alpha value is -1.25. The molecule has 0 fully saturated rings. The molecule has 0 aromatic carbocycles. The van der Waals surface area contributed by atoms with Crippen molar-refractivity contribution in [2.45, 2.75) is 52.4 Å². The molecule has 0 saturated carbocycles. The van der Waals surface area contributed by atoms with E-state index in [-0.39, 0.29) is 10.9 Å². The summed E-state index contributed by atoms with van der Waals surface area (Å²) in [6.45, 7) is 13.5. The van der Waals surface area contributed by atoms with E-state index in [1.807, 2.05) is 6.07 Å². The quantitative estimate of drug-likeness (QED) is 0.542. The maximum Gasteiger partial charge on any atom is 0.378 e. The number of esters is 1. The topological polar surface area (TPSA) is 65.7 Å². The van der Waals surface area contributed by atoms with Crippen LogP contribution in [0.2, 0.25) is 18.1 Å². The molecular weight excluding hydrogens is 390 g/mol. The van der Waals surface area contributed by atoms with E-state index < -0.39 is 14.3 Å². The van der Waals surface area contributed by atoms with Gasteiger partial charge in [0, 0.05) is 16.2 Å². The Balaban J connectivity index is 2.34. The van der Waals surface area contributed by atoms with Gasteiger partial charge in [-0.3, -0.25) is 0 Å². The molecule has 2 aromatic rings. The molecule has 0 spiro atoms. The second kappa shape index (κ2) is 6.93. The van der Waals surface area contributed by atoms with Crippen LogP contribution in [0.15, 0.2) is 16.7 Å². The van der Waals surface area contributed by atoms with Crippen molar-refractivity contribution in [1.82, 2.24) is 14.6 Å². The number of halogens is 1. The number of rotatable bonds is 5. The predicted molar refractivity (Wildman–Crippen MR) is 98.6 cm³/mol. The molecule has 0 saturated heterocycles. The smallest absolute Gasteiger partial charge is 0.378 e. The Morgan fingerprint density at radius 2 is 2.04 bits per heavy atom. The van der Waals surface area contributed by atoms with Gasteiger partial charge in [-0.15, -0.1) is 5.10 Å². The third-order valence-electron chi connectivity index (χ3n) is 4.33. The number of pyridine rings is 1. The highest BCUT2D eigenvalue weighted by molar-refractivity contribution is 9.10. The van der Waals surface area contributed by atoms with Gasteiger partial charge in [-0.2, -0.15) is 0 Å². The summed E-state index contributed by atoms with van der Waals surface area (Å²) in [5, 5.41) is 4.33. The molecule has 0 atom stereocenters. The molecule has 0 bridgehead atoms. The summed E-state index contributed by atoms with van der Waals surface area (Å²) in [4.78, 5) is 16.2. The molecule has 0 aliphatic rings. The van der Waals surface area contributed by atoms with Crippen LogP contribution in [0.4, 0.5) is 0 Å². The van der Waals surface area contributed by atoms with Crippen LogP contribution in [-0.2, 0) is 15.8 Å². The summed E-state index contributed by atoms with van der Waals surface area (Å²) in [6.07, 6.45) is 1.76. The highest BCUT2D eigenvalue weighted by Gasteiger charge is 2.37. The van der Waals surface area contributed by atoms with Crippen molar-refractivity contribution in [3.8, 4) is 0 Å². The lowest BCUT2D eigenvalue weighted by molar-refractivity contribution is 0.0512. The van der Waals surface area contributed by atoms with Gasteiger partial charge in [0.2, 0.25) is 0 Å². The van der Waals surface area contributed by atoms with Crippen LogP contribution in [0.1, 0.15) is 43.9 Å². The number of hydrogen-bond donors (Lipinski definition) is 0. The van der Waals surface area contributed by atoms with Crippen molar-refractivity contribution in [3.63, 3.8) is 0 Å². The molecular formula is C16H24BrN3O3Si. The highest BCUT2D eigenvalue weighted by atomic mass is 79.9. The lowest BCUT2D eigenvalue weighted by atomic mass is 10.2. The first-order valence-corrected chi connectivity index (χ1v) is 11.6. The van der Waals surface area contributed by atoms with Gasteiger partial charge >= 0.3 is 5.97 Å². The van der Waals surface area contributed by atoms with E-state index in [0.29, 0.717) is 18.9 Å². The van der Waals surface area contributed by atoms with Crippen molar-refractivity contribution in [2.75, 3.05) is 6.61 Å². The van der Waals surface area contributed by atoms with Gasteiger partial charge in [0.05, 0.1) is 13.2 Å². The number of nitrogens with zero attached hydrogens (tertiary/aromatic N) is 3. The zero-order valence-corrected chi connectivity index (χ0v) is 17.6. The molecule has 0 unspecified atom stereocenters. The summed E-state index contributed by atoms with van der Waals surface area (Å²) in [6, 6.07) is 1.95. The lowest BCUT2D eigenvalue weighted by Gasteiger charge is -2.36. The summed E-state index contributed by atoms with van der Waals surface area (Å²) in [5.74, 6) is -0.461. The number of aromatic nitrogens is 3. The molecule has 2 aromatic heterocycles. The van der Waals surface area contributed by atoms with Crippen molar-refractivity contribution < 1.29 is 14.0 Å². The van der Waals surface area contributed by atoms with Gasteiger partial charge in [-0.1, -0.05) is 20.8 Å². The van der Waals surface area contributed by atoms with Crippen LogP contribution < -0.4 is 0 Å². The normalized spacial score (nSPS) is 12.6. The van der Waals surface area contributed by atoms with Gasteiger partial charge in [-0.05, 0) is 47.1 Å². The Morgan fingerprint density at radius 3 is 2.62 bits per heavy atom. The van der Waals surface area contributed by atoms with Crippen molar-refractivity contribution in [1.29, 1.82) is 0 Å². The maximum atomic E-state index is 11.9. The zero-order chi connectivity index (χ0) is 18.1.